The Morgan fingerprint density at radius 1 is 1.75 bits per heavy atom. The largest absolute Gasteiger partial charge is 0.386 e. The van der Waals surface area contributed by atoms with Crippen LogP contribution < -0.4 is 5.32 Å². The van der Waals surface area contributed by atoms with Crippen LogP contribution in [0.5, 0.6) is 0 Å². The zero-order chi connectivity index (χ0) is 8.77. The van der Waals surface area contributed by atoms with E-state index in [2.05, 4.69) is 10.2 Å². The fourth-order valence-electron chi connectivity index (χ4n) is 2.19. The first-order chi connectivity index (χ1) is 5.62. The summed E-state index contributed by atoms with van der Waals surface area (Å²) in [6.07, 6.45) is 0.777. The summed E-state index contributed by atoms with van der Waals surface area (Å²) in [7, 11) is 1.97. The molecule has 0 bridgehead atoms. The van der Waals surface area contributed by atoms with E-state index in [0.717, 1.165) is 13.0 Å². The number of amides is 1. The number of carbonyl (C=O) groups is 1. The summed E-state index contributed by atoms with van der Waals surface area (Å²) in [5, 5.41) is 12.7. The van der Waals surface area contributed by atoms with E-state index < -0.39 is 5.60 Å². The minimum absolute atomic E-state index is 0.0191. The Morgan fingerprint density at radius 2 is 2.50 bits per heavy atom. The Hall–Kier alpha value is -0.610. The first kappa shape index (κ1) is 8.01. The first-order valence-electron chi connectivity index (χ1n) is 4.30. The number of nitrogens with one attached hydrogen (secondary N) is 1. The molecule has 2 heterocycles. The number of likely N-dealkylation sites (tertiary alicyclic amines) is 1. The Morgan fingerprint density at radius 3 is 3.25 bits per heavy atom. The van der Waals surface area contributed by atoms with Crippen molar-refractivity contribution in [2.24, 2.45) is 5.92 Å². The lowest BCUT2D eigenvalue weighted by molar-refractivity contribution is -0.129. The van der Waals surface area contributed by atoms with Crippen LogP contribution in [0.25, 0.3) is 0 Å². The maximum atomic E-state index is 11.2. The quantitative estimate of drug-likeness (QED) is 0.480. The minimum atomic E-state index is -0.802. The maximum Gasteiger partial charge on any atom is 0.226 e. The smallest absolute Gasteiger partial charge is 0.226 e. The summed E-state index contributed by atoms with van der Waals surface area (Å²) in [6.45, 7) is 1.93. The standard InChI is InChI=1S/C8H14N2O2/c1-10-3-2-6-7(11)9-4-8(6,12)5-10/h6,12H,2-5H2,1H3,(H,9,11)/t6-,8+/m1/s1. The van der Waals surface area contributed by atoms with E-state index in [1.807, 2.05) is 7.05 Å². The van der Waals surface area contributed by atoms with Crippen molar-refractivity contribution in [2.45, 2.75) is 12.0 Å². The molecule has 12 heavy (non-hydrogen) atoms. The van der Waals surface area contributed by atoms with Crippen molar-refractivity contribution in [3.05, 3.63) is 0 Å². The number of aliphatic hydroxyl groups is 1. The molecule has 0 aromatic rings. The van der Waals surface area contributed by atoms with Crippen LogP contribution in [0.2, 0.25) is 0 Å². The monoisotopic (exact) mass is 170 g/mol. The van der Waals surface area contributed by atoms with Gasteiger partial charge in [0, 0.05) is 13.1 Å². The molecule has 1 amide bonds. The highest BCUT2D eigenvalue weighted by molar-refractivity contribution is 5.82. The van der Waals surface area contributed by atoms with Gasteiger partial charge in [-0.15, -0.1) is 0 Å². The normalized spacial score (nSPS) is 42.5. The van der Waals surface area contributed by atoms with Gasteiger partial charge in [0.25, 0.3) is 0 Å². The molecule has 4 nitrogen and oxygen atoms in total. The molecular weight excluding hydrogens is 156 g/mol. The molecule has 0 saturated carbocycles. The second-order valence-electron chi connectivity index (χ2n) is 3.90. The van der Waals surface area contributed by atoms with Crippen molar-refractivity contribution in [1.29, 1.82) is 0 Å². The third-order valence-electron chi connectivity index (χ3n) is 2.88. The second-order valence-corrected chi connectivity index (χ2v) is 3.90. The molecule has 0 spiro atoms. The Kier molecular flexibility index (Phi) is 1.63. The van der Waals surface area contributed by atoms with Crippen LogP contribution in [-0.2, 0) is 4.79 Å². The topological polar surface area (TPSA) is 52.6 Å². The number of nitrogens with zero attached hydrogens (tertiary/aromatic N) is 1. The zero-order valence-electron chi connectivity index (χ0n) is 7.21. The molecule has 0 radical (unpaired) electrons. The van der Waals surface area contributed by atoms with E-state index in [1.54, 1.807) is 0 Å². The Balaban J connectivity index is 2.19. The first-order valence-corrected chi connectivity index (χ1v) is 4.30. The van der Waals surface area contributed by atoms with Crippen molar-refractivity contribution in [3.8, 4) is 0 Å². The van der Waals surface area contributed by atoms with Crippen LogP contribution in [-0.4, -0.2) is 48.2 Å². The summed E-state index contributed by atoms with van der Waals surface area (Å²) in [6, 6.07) is 0. The fraction of sp³-hybridized carbons (Fsp3) is 0.875. The van der Waals surface area contributed by atoms with Gasteiger partial charge in [0.1, 0.15) is 5.60 Å². The molecule has 0 aromatic carbocycles. The molecular formula is C8H14N2O2. The number of hydrogen-bond acceptors (Lipinski definition) is 3. The number of carbonyl (C=O) groups excluding carboxylic acids is 1. The number of fused-ring (bicyclic) bond motifs is 1. The van der Waals surface area contributed by atoms with E-state index in [9.17, 15) is 9.90 Å². The fourth-order valence-corrected chi connectivity index (χ4v) is 2.19. The van der Waals surface area contributed by atoms with Crippen molar-refractivity contribution in [2.75, 3.05) is 26.7 Å². The molecule has 2 fully saturated rings. The minimum Gasteiger partial charge on any atom is -0.386 e. The van der Waals surface area contributed by atoms with Crippen LogP contribution >= 0.6 is 0 Å². The summed E-state index contributed by atoms with van der Waals surface area (Å²) in [5.41, 5.74) is -0.802. The van der Waals surface area contributed by atoms with E-state index in [-0.39, 0.29) is 11.8 Å². The highest BCUT2D eigenvalue weighted by Crippen LogP contribution is 2.30. The van der Waals surface area contributed by atoms with E-state index in [1.165, 1.54) is 0 Å². The number of piperidine rings is 1. The SMILES string of the molecule is CN1CC[C@@H]2C(=O)NC[C@]2(O)C1. The summed E-state index contributed by atoms with van der Waals surface area (Å²) in [4.78, 5) is 13.3. The Labute approximate surface area is 71.5 Å². The van der Waals surface area contributed by atoms with Gasteiger partial charge in [-0.3, -0.25) is 4.79 Å². The van der Waals surface area contributed by atoms with Gasteiger partial charge in [-0.2, -0.15) is 0 Å². The molecule has 2 atom stereocenters. The number of rotatable bonds is 0. The zero-order valence-corrected chi connectivity index (χ0v) is 7.21. The third-order valence-corrected chi connectivity index (χ3v) is 2.88. The van der Waals surface area contributed by atoms with Crippen LogP contribution in [0.4, 0.5) is 0 Å². The average molecular weight is 170 g/mol. The maximum absolute atomic E-state index is 11.2. The third kappa shape index (κ3) is 1.03. The van der Waals surface area contributed by atoms with E-state index in [0.29, 0.717) is 13.1 Å². The molecule has 4 heteroatoms. The lowest BCUT2D eigenvalue weighted by Crippen LogP contribution is -2.52. The highest BCUT2D eigenvalue weighted by atomic mass is 16.3. The summed E-state index contributed by atoms with van der Waals surface area (Å²) >= 11 is 0. The average Bonchev–Trinajstić information content (AvgIpc) is 2.27. The van der Waals surface area contributed by atoms with Gasteiger partial charge in [0.05, 0.1) is 5.92 Å². The van der Waals surface area contributed by atoms with Gasteiger partial charge >= 0.3 is 0 Å². The van der Waals surface area contributed by atoms with Gasteiger partial charge in [-0.25, -0.2) is 0 Å². The number of likely N-dealkylation sites (N-methyl/N-ethyl adjacent to an activating group) is 1. The second kappa shape index (κ2) is 2.44. The van der Waals surface area contributed by atoms with Crippen LogP contribution in [0, 0.1) is 5.92 Å². The van der Waals surface area contributed by atoms with E-state index in [4.69, 9.17) is 0 Å². The molecule has 2 aliphatic heterocycles. The predicted octanol–water partition coefficient (Wildman–Crippen LogP) is -1.20. The van der Waals surface area contributed by atoms with Gasteiger partial charge in [-0.05, 0) is 20.0 Å². The molecule has 2 saturated heterocycles. The molecule has 2 rings (SSSR count). The van der Waals surface area contributed by atoms with E-state index >= 15 is 0 Å². The number of hydrogen-bond donors (Lipinski definition) is 2. The van der Waals surface area contributed by atoms with Crippen LogP contribution in [0.1, 0.15) is 6.42 Å². The lowest BCUT2D eigenvalue weighted by atomic mass is 9.84. The molecule has 68 valence electrons. The van der Waals surface area contributed by atoms with Gasteiger partial charge in [0.2, 0.25) is 5.91 Å². The molecule has 2 aliphatic rings. The Bertz CT molecular complexity index is 219. The summed E-state index contributed by atoms with van der Waals surface area (Å²) < 4.78 is 0. The molecule has 2 N–H and O–H groups in total. The van der Waals surface area contributed by atoms with Gasteiger partial charge in [0.15, 0.2) is 0 Å². The van der Waals surface area contributed by atoms with Gasteiger partial charge < -0.3 is 15.3 Å². The van der Waals surface area contributed by atoms with Gasteiger partial charge in [-0.1, -0.05) is 0 Å². The van der Waals surface area contributed by atoms with Crippen molar-refractivity contribution in [3.63, 3.8) is 0 Å². The van der Waals surface area contributed by atoms with Crippen LogP contribution in [0.15, 0.2) is 0 Å². The van der Waals surface area contributed by atoms with Crippen LogP contribution in [0.3, 0.4) is 0 Å². The van der Waals surface area contributed by atoms with Crippen molar-refractivity contribution < 1.29 is 9.90 Å². The lowest BCUT2D eigenvalue weighted by Gasteiger charge is -2.37. The summed E-state index contributed by atoms with van der Waals surface area (Å²) in [5.74, 6) is -0.153. The van der Waals surface area contributed by atoms with Crippen molar-refractivity contribution >= 4 is 5.91 Å². The predicted molar refractivity (Wildman–Crippen MR) is 43.6 cm³/mol. The molecule has 0 aromatic heterocycles. The number of β-amino-alcohol motifs (C(OH)–C–C–N with tert-alkyl or cyclic N) is 1. The highest BCUT2D eigenvalue weighted by Gasteiger charge is 2.49. The van der Waals surface area contributed by atoms with Crippen molar-refractivity contribution in [1.82, 2.24) is 10.2 Å². The molecule has 0 unspecified atom stereocenters. The molecule has 0 aliphatic carbocycles.